The van der Waals surface area contributed by atoms with Crippen LogP contribution in [-0.2, 0) is 16.0 Å². The van der Waals surface area contributed by atoms with Gasteiger partial charge in [-0.15, -0.1) is 0 Å². The first-order valence-electron chi connectivity index (χ1n) is 11.5. The number of halogens is 1. The molecule has 0 aliphatic rings. The van der Waals surface area contributed by atoms with Gasteiger partial charge in [-0.05, 0) is 62.4 Å². The molecule has 0 unspecified atom stereocenters. The lowest BCUT2D eigenvalue weighted by Gasteiger charge is -2.31. The van der Waals surface area contributed by atoms with Crippen molar-refractivity contribution in [2.24, 2.45) is 0 Å². The Morgan fingerprint density at radius 1 is 1.03 bits per heavy atom. The fourth-order valence-corrected chi connectivity index (χ4v) is 3.55. The summed E-state index contributed by atoms with van der Waals surface area (Å²) >= 11 is 5.89. The average molecular weight is 459 g/mol. The predicted octanol–water partition coefficient (Wildman–Crippen LogP) is 5.26. The summed E-state index contributed by atoms with van der Waals surface area (Å²) in [7, 11) is 0. The number of rotatable bonds is 13. The van der Waals surface area contributed by atoms with Crippen molar-refractivity contribution in [3.63, 3.8) is 0 Å². The minimum absolute atomic E-state index is 0.0215. The third kappa shape index (κ3) is 8.54. The number of hydrogen-bond acceptors (Lipinski definition) is 3. The molecule has 0 heterocycles. The molecule has 2 aromatic rings. The van der Waals surface area contributed by atoms with Gasteiger partial charge < -0.3 is 15.0 Å². The highest BCUT2D eigenvalue weighted by molar-refractivity contribution is 6.30. The zero-order valence-corrected chi connectivity index (χ0v) is 20.1. The smallest absolute Gasteiger partial charge is 0.243 e. The van der Waals surface area contributed by atoms with Crippen LogP contribution in [0.5, 0.6) is 5.75 Å². The Morgan fingerprint density at radius 3 is 2.34 bits per heavy atom. The first-order chi connectivity index (χ1) is 15.4. The molecule has 174 valence electrons. The molecule has 2 amide bonds. The number of ether oxygens (including phenoxy) is 1. The monoisotopic (exact) mass is 458 g/mol. The molecular formula is C26H35ClN2O3. The molecule has 5 nitrogen and oxygen atoms in total. The largest absolute Gasteiger partial charge is 0.494 e. The maximum atomic E-state index is 13.2. The van der Waals surface area contributed by atoms with Crippen molar-refractivity contribution in [1.82, 2.24) is 10.2 Å². The predicted molar refractivity (Wildman–Crippen MR) is 130 cm³/mol. The second kappa shape index (κ2) is 13.8. The summed E-state index contributed by atoms with van der Waals surface area (Å²) in [5, 5.41) is 3.69. The summed E-state index contributed by atoms with van der Waals surface area (Å²) in [6.07, 6.45) is 3.04. The number of carbonyl (C=O) groups excluding carboxylic acids is 2. The van der Waals surface area contributed by atoms with Gasteiger partial charge in [0, 0.05) is 24.0 Å². The van der Waals surface area contributed by atoms with Crippen LogP contribution in [-0.4, -0.2) is 41.9 Å². The molecule has 2 atom stereocenters. The summed E-state index contributed by atoms with van der Waals surface area (Å²) in [5.74, 6) is 0.620. The Morgan fingerprint density at radius 2 is 1.72 bits per heavy atom. The van der Waals surface area contributed by atoms with Crippen LogP contribution >= 0.6 is 11.6 Å². The molecule has 0 fully saturated rings. The van der Waals surface area contributed by atoms with Crippen molar-refractivity contribution >= 4 is 23.4 Å². The van der Waals surface area contributed by atoms with Crippen molar-refractivity contribution in [1.29, 1.82) is 0 Å². The molecule has 0 aliphatic carbocycles. The van der Waals surface area contributed by atoms with Crippen LogP contribution in [0.2, 0.25) is 5.02 Å². The molecule has 1 N–H and O–H groups in total. The van der Waals surface area contributed by atoms with E-state index in [1.54, 1.807) is 17.0 Å². The summed E-state index contributed by atoms with van der Waals surface area (Å²) in [6, 6.07) is 16.8. The number of amides is 2. The van der Waals surface area contributed by atoms with Crippen LogP contribution in [0.1, 0.15) is 52.0 Å². The first-order valence-corrected chi connectivity index (χ1v) is 11.8. The van der Waals surface area contributed by atoms with Crippen molar-refractivity contribution < 1.29 is 14.3 Å². The van der Waals surface area contributed by atoms with Crippen molar-refractivity contribution in [2.45, 2.75) is 65.0 Å². The zero-order valence-electron chi connectivity index (χ0n) is 19.4. The molecule has 0 saturated heterocycles. The van der Waals surface area contributed by atoms with Gasteiger partial charge >= 0.3 is 0 Å². The third-order valence-corrected chi connectivity index (χ3v) is 5.74. The van der Waals surface area contributed by atoms with Gasteiger partial charge in [-0.2, -0.15) is 0 Å². The quantitative estimate of drug-likeness (QED) is 0.416. The normalized spacial score (nSPS) is 12.6. The summed E-state index contributed by atoms with van der Waals surface area (Å²) in [6.45, 7) is 6.90. The average Bonchev–Trinajstić information content (AvgIpc) is 2.80. The van der Waals surface area contributed by atoms with Gasteiger partial charge in [-0.1, -0.05) is 55.8 Å². The molecule has 0 aromatic heterocycles. The van der Waals surface area contributed by atoms with E-state index < -0.39 is 6.04 Å². The van der Waals surface area contributed by atoms with Gasteiger partial charge in [-0.25, -0.2) is 0 Å². The van der Waals surface area contributed by atoms with Gasteiger partial charge in [0.2, 0.25) is 11.8 Å². The van der Waals surface area contributed by atoms with E-state index in [1.807, 2.05) is 63.2 Å². The van der Waals surface area contributed by atoms with Gasteiger partial charge in [0.05, 0.1) is 6.61 Å². The Balaban J connectivity index is 1.99. The van der Waals surface area contributed by atoms with E-state index in [0.717, 1.165) is 17.7 Å². The fourth-order valence-electron chi connectivity index (χ4n) is 3.42. The maximum Gasteiger partial charge on any atom is 0.243 e. The molecule has 0 spiro atoms. The molecule has 0 saturated carbocycles. The lowest BCUT2D eigenvalue weighted by molar-refractivity contribution is -0.141. The van der Waals surface area contributed by atoms with E-state index in [4.69, 9.17) is 16.3 Å². The van der Waals surface area contributed by atoms with E-state index in [0.29, 0.717) is 43.9 Å². The van der Waals surface area contributed by atoms with E-state index in [1.165, 1.54) is 0 Å². The molecule has 2 aromatic carbocycles. The molecular weight excluding hydrogens is 424 g/mol. The van der Waals surface area contributed by atoms with Crippen molar-refractivity contribution in [2.75, 3.05) is 13.2 Å². The summed E-state index contributed by atoms with van der Waals surface area (Å²) in [5.41, 5.74) is 1.15. The molecule has 32 heavy (non-hydrogen) atoms. The van der Waals surface area contributed by atoms with Crippen LogP contribution in [0.25, 0.3) is 0 Å². The van der Waals surface area contributed by atoms with Crippen LogP contribution in [0.15, 0.2) is 54.6 Å². The van der Waals surface area contributed by atoms with Gasteiger partial charge in [0.25, 0.3) is 0 Å². The summed E-state index contributed by atoms with van der Waals surface area (Å²) < 4.78 is 5.71. The minimum atomic E-state index is -0.475. The lowest BCUT2D eigenvalue weighted by Crippen LogP contribution is -2.51. The molecule has 2 rings (SSSR count). The van der Waals surface area contributed by atoms with Gasteiger partial charge in [-0.3, -0.25) is 9.59 Å². The highest BCUT2D eigenvalue weighted by atomic mass is 35.5. The van der Waals surface area contributed by atoms with E-state index >= 15 is 0 Å². The second-order valence-electron chi connectivity index (χ2n) is 7.97. The van der Waals surface area contributed by atoms with Crippen LogP contribution in [0.4, 0.5) is 0 Å². The fraction of sp³-hybridized carbons (Fsp3) is 0.462. The van der Waals surface area contributed by atoms with Gasteiger partial charge in [0.1, 0.15) is 11.8 Å². The van der Waals surface area contributed by atoms with Gasteiger partial charge in [0.15, 0.2) is 0 Å². The Bertz CT molecular complexity index is 827. The van der Waals surface area contributed by atoms with Crippen molar-refractivity contribution in [3.8, 4) is 5.75 Å². The SMILES string of the molecule is CC[C@@H](C)NC(=O)[C@H](CC)N(CCc1ccccc1)C(=O)CCCOc1ccc(Cl)cc1. The number of nitrogens with zero attached hydrogens (tertiary/aromatic N) is 1. The molecule has 0 radical (unpaired) electrons. The second-order valence-corrected chi connectivity index (χ2v) is 8.41. The lowest BCUT2D eigenvalue weighted by atomic mass is 10.1. The topological polar surface area (TPSA) is 58.6 Å². The number of benzene rings is 2. The highest BCUT2D eigenvalue weighted by Gasteiger charge is 2.28. The molecule has 0 bridgehead atoms. The Labute approximate surface area is 197 Å². The standard InChI is InChI=1S/C26H35ClN2O3/c1-4-20(3)28-26(31)24(5-2)29(18-17-21-10-7-6-8-11-21)25(30)12-9-19-32-23-15-13-22(27)14-16-23/h6-8,10-11,13-16,20,24H,4-5,9,12,17-19H2,1-3H3,(H,28,31)/t20-,24+/m1/s1. The number of hydrogen-bond donors (Lipinski definition) is 1. The van der Waals surface area contributed by atoms with Crippen molar-refractivity contribution in [3.05, 3.63) is 65.2 Å². The third-order valence-electron chi connectivity index (χ3n) is 5.49. The highest BCUT2D eigenvalue weighted by Crippen LogP contribution is 2.16. The zero-order chi connectivity index (χ0) is 23.3. The number of carbonyl (C=O) groups is 2. The van der Waals surface area contributed by atoms with Crippen LogP contribution < -0.4 is 10.1 Å². The van der Waals surface area contributed by atoms with E-state index in [9.17, 15) is 9.59 Å². The molecule has 0 aliphatic heterocycles. The summed E-state index contributed by atoms with van der Waals surface area (Å²) in [4.78, 5) is 27.8. The minimum Gasteiger partial charge on any atom is -0.494 e. The Hall–Kier alpha value is -2.53. The van der Waals surface area contributed by atoms with Crippen LogP contribution in [0.3, 0.4) is 0 Å². The Kier molecular flexibility index (Phi) is 11.1. The van der Waals surface area contributed by atoms with E-state index in [-0.39, 0.29) is 17.9 Å². The van der Waals surface area contributed by atoms with Crippen LogP contribution in [0, 0.1) is 0 Å². The molecule has 6 heteroatoms. The first kappa shape index (κ1) is 25.7. The van der Waals surface area contributed by atoms with E-state index in [2.05, 4.69) is 5.32 Å². The maximum absolute atomic E-state index is 13.2. The number of nitrogens with one attached hydrogen (secondary N) is 1.